The smallest absolute Gasteiger partial charge is 0.279 e. The summed E-state index contributed by atoms with van der Waals surface area (Å²) in [6.07, 6.45) is 1.46. The van der Waals surface area contributed by atoms with E-state index in [1.54, 1.807) is 19.2 Å². The van der Waals surface area contributed by atoms with E-state index in [1.165, 1.54) is 16.9 Å². The zero-order valence-electron chi connectivity index (χ0n) is 11.7. The summed E-state index contributed by atoms with van der Waals surface area (Å²) in [7, 11) is -0.218. The first-order valence-electron chi connectivity index (χ1n) is 6.22. The molecule has 7 heteroatoms. The summed E-state index contributed by atoms with van der Waals surface area (Å²) < 4.78 is 28.7. The van der Waals surface area contributed by atoms with Gasteiger partial charge in [-0.15, -0.1) is 0 Å². The van der Waals surface area contributed by atoms with Crippen molar-refractivity contribution in [2.75, 3.05) is 11.8 Å². The number of anilines is 1. The first-order chi connectivity index (χ1) is 9.45. The van der Waals surface area contributed by atoms with E-state index in [-0.39, 0.29) is 11.1 Å². The number of aromatic nitrogens is 2. The number of nitrogens with zero attached hydrogens (tertiary/aromatic N) is 2. The highest BCUT2D eigenvalue weighted by molar-refractivity contribution is 7.92. The molecule has 0 spiro atoms. The molecular weight excluding hydrogens is 276 g/mol. The van der Waals surface area contributed by atoms with Crippen molar-refractivity contribution in [1.29, 1.82) is 0 Å². The molecule has 1 unspecified atom stereocenters. The number of hydrogen-bond acceptors (Lipinski definition) is 4. The lowest BCUT2D eigenvalue weighted by Gasteiger charge is -2.17. The molecule has 0 saturated carbocycles. The van der Waals surface area contributed by atoms with E-state index >= 15 is 0 Å². The van der Waals surface area contributed by atoms with Crippen LogP contribution in [0.15, 0.2) is 41.6 Å². The van der Waals surface area contributed by atoms with E-state index in [1.807, 2.05) is 26.1 Å². The normalized spacial score (nSPS) is 13.2. The van der Waals surface area contributed by atoms with Crippen LogP contribution in [0.25, 0.3) is 0 Å². The van der Waals surface area contributed by atoms with Crippen molar-refractivity contribution in [2.45, 2.75) is 18.0 Å². The van der Waals surface area contributed by atoms with Gasteiger partial charge < -0.3 is 5.32 Å². The molecule has 1 aromatic carbocycles. The molecule has 0 radical (unpaired) electrons. The summed E-state index contributed by atoms with van der Waals surface area (Å²) in [6.45, 7) is 1.97. The predicted octanol–water partition coefficient (Wildman–Crippen LogP) is 1.50. The van der Waals surface area contributed by atoms with Crippen molar-refractivity contribution in [2.24, 2.45) is 7.05 Å². The Morgan fingerprint density at radius 1 is 1.25 bits per heavy atom. The second kappa shape index (κ2) is 5.64. The summed E-state index contributed by atoms with van der Waals surface area (Å²) in [4.78, 5) is 0. The molecule has 1 atom stereocenters. The Kier molecular flexibility index (Phi) is 4.10. The van der Waals surface area contributed by atoms with Gasteiger partial charge in [-0.05, 0) is 31.7 Å². The van der Waals surface area contributed by atoms with Crippen molar-refractivity contribution in [3.8, 4) is 0 Å². The van der Waals surface area contributed by atoms with Gasteiger partial charge >= 0.3 is 0 Å². The first kappa shape index (κ1) is 14.5. The Bertz CT molecular complexity index is 694. The van der Waals surface area contributed by atoms with Gasteiger partial charge in [0.05, 0.1) is 11.9 Å². The molecule has 0 aliphatic heterocycles. The fourth-order valence-electron chi connectivity index (χ4n) is 1.95. The Morgan fingerprint density at radius 2 is 1.95 bits per heavy atom. The summed E-state index contributed by atoms with van der Waals surface area (Å²) in [5, 5.41) is 7.11. The third kappa shape index (κ3) is 2.83. The van der Waals surface area contributed by atoms with Gasteiger partial charge in [-0.2, -0.15) is 13.5 Å². The molecule has 1 aromatic heterocycles. The maximum Gasteiger partial charge on any atom is 0.279 e. The topological polar surface area (TPSA) is 76.0 Å². The minimum atomic E-state index is -3.64. The highest BCUT2D eigenvalue weighted by Gasteiger charge is 2.20. The fourth-order valence-corrected chi connectivity index (χ4v) is 3.16. The number of nitrogens with one attached hydrogen (secondary N) is 2. The molecule has 6 nitrogen and oxygen atoms in total. The Hall–Kier alpha value is -1.86. The molecule has 2 rings (SSSR count). The minimum Gasteiger partial charge on any atom is -0.313 e. The number of hydrogen-bond donors (Lipinski definition) is 2. The highest BCUT2D eigenvalue weighted by atomic mass is 32.2. The van der Waals surface area contributed by atoms with Gasteiger partial charge in [0, 0.05) is 13.1 Å². The van der Waals surface area contributed by atoms with Crippen LogP contribution in [0, 0.1) is 0 Å². The molecule has 0 amide bonds. The Labute approximate surface area is 118 Å². The van der Waals surface area contributed by atoms with Crippen LogP contribution in [-0.2, 0) is 17.1 Å². The predicted molar refractivity (Wildman–Crippen MR) is 77.9 cm³/mol. The van der Waals surface area contributed by atoms with Crippen LogP contribution in [0.4, 0.5) is 5.69 Å². The molecule has 2 N–H and O–H groups in total. The lowest BCUT2D eigenvalue weighted by atomic mass is 10.1. The maximum absolute atomic E-state index is 12.4. The number of aryl methyl sites for hydroxylation is 1. The van der Waals surface area contributed by atoms with Gasteiger partial charge in [0.15, 0.2) is 5.03 Å². The van der Waals surface area contributed by atoms with E-state index in [0.29, 0.717) is 5.69 Å². The van der Waals surface area contributed by atoms with Crippen molar-refractivity contribution in [3.63, 3.8) is 0 Å². The molecule has 2 aromatic rings. The molecule has 1 heterocycles. The minimum absolute atomic E-state index is 0.0421. The zero-order chi connectivity index (χ0) is 14.8. The third-order valence-electron chi connectivity index (χ3n) is 3.16. The van der Waals surface area contributed by atoms with Crippen LogP contribution in [0.3, 0.4) is 0 Å². The number of rotatable bonds is 5. The van der Waals surface area contributed by atoms with Crippen molar-refractivity contribution >= 4 is 15.7 Å². The maximum atomic E-state index is 12.4. The molecule has 0 saturated heterocycles. The second-order valence-corrected chi connectivity index (χ2v) is 6.13. The summed E-state index contributed by atoms with van der Waals surface area (Å²) >= 11 is 0. The van der Waals surface area contributed by atoms with Gasteiger partial charge in [0.1, 0.15) is 0 Å². The van der Waals surface area contributed by atoms with Gasteiger partial charge in [-0.3, -0.25) is 9.40 Å². The lowest BCUT2D eigenvalue weighted by Crippen LogP contribution is -2.20. The molecule has 0 fully saturated rings. The molecule has 108 valence electrons. The average molecular weight is 294 g/mol. The Balaban J connectivity index is 2.38. The van der Waals surface area contributed by atoms with E-state index in [9.17, 15) is 8.42 Å². The van der Waals surface area contributed by atoms with Crippen LogP contribution < -0.4 is 10.0 Å². The van der Waals surface area contributed by atoms with Crippen molar-refractivity contribution in [3.05, 3.63) is 42.1 Å². The molecule has 0 aliphatic rings. The number of para-hydroxylation sites is 1. The summed E-state index contributed by atoms with van der Waals surface area (Å²) in [5.74, 6) is 0. The fraction of sp³-hybridized carbons (Fsp3) is 0.308. The Morgan fingerprint density at radius 3 is 2.55 bits per heavy atom. The van der Waals surface area contributed by atoms with E-state index in [4.69, 9.17) is 0 Å². The summed E-state index contributed by atoms with van der Waals surface area (Å²) in [5.41, 5.74) is 1.45. The first-order valence-corrected chi connectivity index (χ1v) is 7.71. The van der Waals surface area contributed by atoms with E-state index in [0.717, 1.165) is 5.56 Å². The quantitative estimate of drug-likeness (QED) is 0.876. The van der Waals surface area contributed by atoms with E-state index in [2.05, 4.69) is 15.1 Å². The van der Waals surface area contributed by atoms with Crippen LogP contribution in [-0.4, -0.2) is 25.2 Å². The highest BCUT2D eigenvalue weighted by Crippen LogP contribution is 2.24. The van der Waals surface area contributed by atoms with Gasteiger partial charge in [0.2, 0.25) is 0 Å². The molecule has 20 heavy (non-hydrogen) atoms. The van der Waals surface area contributed by atoms with Crippen LogP contribution >= 0.6 is 0 Å². The molecular formula is C13H18N4O2S. The average Bonchev–Trinajstić information content (AvgIpc) is 2.85. The molecule has 0 aliphatic carbocycles. The largest absolute Gasteiger partial charge is 0.313 e. The van der Waals surface area contributed by atoms with Crippen LogP contribution in [0.2, 0.25) is 0 Å². The summed E-state index contributed by atoms with van der Waals surface area (Å²) in [6, 6.07) is 8.82. The van der Waals surface area contributed by atoms with Gasteiger partial charge in [-0.25, -0.2) is 0 Å². The third-order valence-corrected chi connectivity index (χ3v) is 4.60. The zero-order valence-corrected chi connectivity index (χ0v) is 12.5. The van der Waals surface area contributed by atoms with E-state index < -0.39 is 10.0 Å². The number of benzene rings is 1. The monoisotopic (exact) mass is 294 g/mol. The van der Waals surface area contributed by atoms with Crippen LogP contribution in [0.5, 0.6) is 0 Å². The number of sulfonamides is 1. The van der Waals surface area contributed by atoms with Crippen molar-refractivity contribution < 1.29 is 8.42 Å². The molecule has 0 bridgehead atoms. The van der Waals surface area contributed by atoms with Gasteiger partial charge in [0.25, 0.3) is 10.0 Å². The SMILES string of the molecule is CNC(C)c1ccccc1NS(=O)(=O)c1ccnn1C. The standard InChI is InChI=1S/C13H18N4O2S/c1-10(14-2)11-6-4-5-7-12(11)16-20(18,19)13-8-9-15-17(13)3/h4-10,14,16H,1-3H3. The van der Waals surface area contributed by atoms with Gasteiger partial charge in [-0.1, -0.05) is 18.2 Å². The lowest BCUT2D eigenvalue weighted by molar-refractivity contribution is 0.581. The van der Waals surface area contributed by atoms with Crippen molar-refractivity contribution in [1.82, 2.24) is 15.1 Å². The second-order valence-electron chi connectivity index (χ2n) is 4.50. The van der Waals surface area contributed by atoms with Crippen LogP contribution in [0.1, 0.15) is 18.5 Å².